The molecule has 0 bridgehead atoms. The van der Waals surface area contributed by atoms with E-state index in [-0.39, 0.29) is 11.7 Å². The van der Waals surface area contributed by atoms with Crippen LogP contribution in [0.2, 0.25) is 0 Å². The highest BCUT2D eigenvalue weighted by Crippen LogP contribution is 2.40. The average Bonchev–Trinajstić information content (AvgIpc) is 3.24. The Hall–Kier alpha value is -2.88. The molecule has 0 amide bonds. The van der Waals surface area contributed by atoms with Crippen LogP contribution >= 0.6 is 0 Å². The van der Waals surface area contributed by atoms with Gasteiger partial charge in [-0.3, -0.25) is 4.79 Å². The van der Waals surface area contributed by atoms with E-state index >= 15 is 0 Å². The highest BCUT2D eigenvalue weighted by molar-refractivity contribution is 6.04. The first-order valence-electron chi connectivity index (χ1n) is 8.52. The lowest BCUT2D eigenvalue weighted by atomic mass is 9.97. The lowest BCUT2D eigenvalue weighted by Crippen LogP contribution is -2.03. The Morgan fingerprint density at radius 2 is 2.00 bits per heavy atom. The Labute approximate surface area is 147 Å². The number of hydrogen-bond donors (Lipinski definition) is 0. The average molecular weight is 332 g/mol. The van der Waals surface area contributed by atoms with Crippen molar-refractivity contribution >= 4 is 5.78 Å². The van der Waals surface area contributed by atoms with Gasteiger partial charge in [0.05, 0.1) is 11.3 Å². The summed E-state index contributed by atoms with van der Waals surface area (Å²) in [5.74, 6) is 1.17. The van der Waals surface area contributed by atoms with Gasteiger partial charge in [0.1, 0.15) is 12.4 Å². The molecule has 1 aliphatic carbocycles. The van der Waals surface area contributed by atoms with Crippen LogP contribution in [0.1, 0.15) is 46.3 Å². The first kappa shape index (κ1) is 15.6. The van der Waals surface area contributed by atoms with E-state index in [0.29, 0.717) is 18.8 Å². The molecule has 1 atom stereocenters. The van der Waals surface area contributed by atoms with Gasteiger partial charge < -0.3 is 4.74 Å². The first-order chi connectivity index (χ1) is 12.1. The van der Waals surface area contributed by atoms with Gasteiger partial charge in [0.15, 0.2) is 5.78 Å². The van der Waals surface area contributed by atoms with Crippen molar-refractivity contribution in [2.24, 2.45) is 0 Å². The number of aromatic nitrogens is 2. The van der Waals surface area contributed by atoms with Gasteiger partial charge in [-0.05, 0) is 53.8 Å². The standard InChI is InChI=1S/C21H20N2O2/c1-14-4-9-19(21-18(24)12-15(2)20(14)21)25-13-16-5-7-17(8-6-16)23-11-3-10-22-23/h3-11,15H,12-13H2,1-2H3/t15-/m0/s1. The number of hydrogen-bond acceptors (Lipinski definition) is 3. The van der Waals surface area contributed by atoms with E-state index in [0.717, 1.165) is 22.4 Å². The SMILES string of the molecule is Cc1ccc(OCc2ccc(-n3cccn3)cc2)c2c1[C@@H](C)CC2=O. The number of Topliss-reactive ketones (excluding diaryl/α,β-unsaturated/α-hetero) is 1. The first-order valence-corrected chi connectivity index (χ1v) is 8.52. The normalized spacial score (nSPS) is 16.1. The molecule has 0 saturated carbocycles. The Morgan fingerprint density at radius 3 is 2.72 bits per heavy atom. The summed E-state index contributed by atoms with van der Waals surface area (Å²) in [5.41, 5.74) is 5.17. The molecule has 4 heteroatoms. The third-order valence-electron chi connectivity index (χ3n) is 4.79. The molecule has 0 aliphatic heterocycles. The van der Waals surface area contributed by atoms with E-state index in [1.54, 1.807) is 6.20 Å². The van der Waals surface area contributed by atoms with Crippen molar-refractivity contribution < 1.29 is 9.53 Å². The summed E-state index contributed by atoms with van der Waals surface area (Å²) in [4.78, 5) is 12.3. The smallest absolute Gasteiger partial charge is 0.167 e. The maximum absolute atomic E-state index is 12.3. The van der Waals surface area contributed by atoms with E-state index in [1.165, 1.54) is 5.56 Å². The van der Waals surface area contributed by atoms with Crippen LogP contribution in [0.15, 0.2) is 54.9 Å². The molecule has 1 heterocycles. The predicted molar refractivity (Wildman–Crippen MR) is 96.4 cm³/mol. The van der Waals surface area contributed by atoms with Gasteiger partial charge in [0.25, 0.3) is 0 Å². The van der Waals surface area contributed by atoms with Crippen molar-refractivity contribution in [1.82, 2.24) is 9.78 Å². The molecule has 0 spiro atoms. The summed E-state index contributed by atoms with van der Waals surface area (Å²) in [5, 5.41) is 4.22. The Morgan fingerprint density at radius 1 is 1.20 bits per heavy atom. The number of carbonyl (C=O) groups is 1. The number of aryl methyl sites for hydroxylation is 1. The maximum Gasteiger partial charge on any atom is 0.167 e. The fraction of sp³-hybridized carbons (Fsp3) is 0.238. The number of carbonyl (C=O) groups excluding carboxylic acids is 1. The summed E-state index contributed by atoms with van der Waals surface area (Å²) in [6.07, 6.45) is 4.25. The van der Waals surface area contributed by atoms with E-state index in [2.05, 4.69) is 18.9 Å². The van der Waals surface area contributed by atoms with E-state index in [9.17, 15) is 4.79 Å². The van der Waals surface area contributed by atoms with Crippen molar-refractivity contribution in [3.8, 4) is 11.4 Å². The molecule has 0 N–H and O–H groups in total. The number of ether oxygens (including phenoxy) is 1. The number of benzene rings is 2. The molecular weight excluding hydrogens is 312 g/mol. The Balaban J connectivity index is 1.54. The molecule has 0 unspecified atom stereocenters. The lowest BCUT2D eigenvalue weighted by Gasteiger charge is -2.13. The topological polar surface area (TPSA) is 44.1 Å². The van der Waals surface area contributed by atoms with Crippen molar-refractivity contribution in [3.63, 3.8) is 0 Å². The maximum atomic E-state index is 12.3. The van der Waals surface area contributed by atoms with Crippen molar-refractivity contribution in [3.05, 3.63) is 77.1 Å². The van der Waals surface area contributed by atoms with Crippen molar-refractivity contribution in [1.29, 1.82) is 0 Å². The zero-order valence-corrected chi connectivity index (χ0v) is 14.4. The van der Waals surface area contributed by atoms with Crippen LogP contribution in [-0.4, -0.2) is 15.6 Å². The van der Waals surface area contributed by atoms with E-state index in [4.69, 9.17) is 4.74 Å². The van der Waals surface area contributed by atoms with Gasteiger partial charge in [-0.1, -0.05) is 25.1 Å². The molecule has 0 fully saturated rings. The molecule has 4 nitrogen and oxygen atoms in total. The Bertz CT molecular complexity index is 912. The number of rotatable bonds is 4. The fourth-order valence-electron chi connectivity index (χ4n) is 3.56. The third kappa shape index (κ3) is 2.84. The molecule has 4 rings (SSSR count). The molecule has 25 heavy (non-hydrogen) atoms. The second-order valence-corrected chi connectivity index (χ2v) is 6.60. The summed E-state index contributed by atoms with van der Waals surface area (Å²) < 4.78 is 7.81. The quantitative estimate of drug-likeness (QED) is 0.709. The van der Waals surface area contributed by atoms with Crippen LogP contribution in [-0.2, 0) is 6.61 Å². The second-order valence-electron chi connectivity index (χ2n) is 6.60. The van der Waals surface area contributed by atoms with Crippen molar-refractivity contribution in [2.75, 3.05) is 0 Å². The van der Waals surface area contributed by atoms with Gasteiger partial charge in [0, 0.05) is 18.8 Å². The van der Waals surface area contributed by atoms with Crippen LogP contribution in [0.3, 0.4) is 0 Å². The largest absolute Gasteiger partial charge is 0.488 e. The summed E-state index contributed by atoms with van der Waals surface area (Å²) in [7, 11) is 0. The molecular formula is C21H20N2O2. The molecule has 1 aliphatic rings. The molecule has 0 saturated heterocycles. The lowest BCUT2D eigenvalue weighted by molar-refractivity contribution is 0.0986. The molecule has 0 radical (unpaired) electrons. The monoisotopic (exact) mass is 332 g/mol. The van der Waals surface area contributed by atoms with Crippen LogP contribution < -0.4 is 4.74 Å². The van der Waals surface area contributed by atoms with Gasteiger partial charge in [0.2, 0.25) is 0 Å². The highest BCUT2D eigenvalue weighted by atomic mass is 16.5. The van der Waals surface area contributed by atoms with E-state index in [1.807, 2.05) is 53.3 Å². The number of ketones is 1. The highest BCUT2D eigenvalue weighted by Gasteiger charge is 2.31. The van der Waals surface area contributed by atoms with Crippen molar-refractivity contribution in [2.45, 2.75) is 32.8 Å². The van der Waals surface area contributed by atoms with Crippen LogP contribution in [0, 0.1) is 6.92 Å². The van der Waals surface area contributed by atoms with Gasteiger partial charge in [-0.25, -0.2) is 4.68 Å². The van der Waals surface area contributed by atoms with E-state index < -0.39 is 0 Å². The molecule has 3 aromatic rings. The van der Waals surface area contributed by atoms with Crippen LogP contribution in [0.25, 0.3) is 5.69 Å². The predicted octanol–water partition coefficient (Wildman–Crippen LogP) is 4.45. The minimum Gasteiger partial charge on any atom is -0.488 e. The summed E-state index contributed by atoms with van der Waals surface area (Å²) in [6.45, 7) is 4.61. The molecule has 2 aromatic carbocycles. The molecule has 1 aromatic heterocycles. The summed E-state index contributed by atoms with van der Waals surface area (Å²) in [6, 6.07) is 13.9. The molecule has 126 valence electrons. The number of nitrogens with zero attached hydrogens (tertiary/aromatic N) is 2. The fourth-order valence-corrected chi connectivity index (χ4v) is 3.56. The second kappa shape index (κ2) is 6.20. The zero-order valence-electron chi connectivity index (χ0n) is 14.4. The zero-order chi connectivity index (χ0) is 17.4. The van der Waals surface area contributed by atoms with Crippen LogP contribution in [0.5, 0.6) is 5.75 Å². The third-order valence-corrected chi connectivity index (χ3v) is 4.79. The van der Waals surface area contributed by atoms with Gasteiger partial charge in [-0.15, -0.1) is 0 Å². The Kier molecular flexibility index (Phi) is 3.88. The summed E-state index contributed by atoms with van der Waals surface area (Å²) >= 11 is 0. The van der Waals surface area contributed by atoms with Crippen LogP contribution in [0.4, 0.5) is 0 Å². The van der Waals surface area contributed by atoms with Gasteiger partial charge >= 0.3 is 0 Å². The minimum absolute atomic E-state index is 0.190. The number of fused-ring (bicyclic) bond motifs is 1. The minimum atomic E-state index is 0.190. The van der Waals surface area contributed by atoms with Gasteiger partial charge in [-0.2, -0.15) is 5.10 Å².